The van der Waals surface area contributed by atoms with Crippen molar-refractivity contribution in [2.75, 3.05) is 26.2 Å². The normalized spacial score (nSPS) is 27.8. The van der Waals surface area contributed by atoms with Crippen LogP contribution in [0.3, 0.4) is 0 Å². The smallest absolute Gasteiger partial charge is 0.179 e. The lowest BCUT2D eigenvalue weighted by atomic mass is 9.72. The highest BCUT2D eigenvalue weighted by Crippen LogP contribution is 2.38. The van der Waals surface area contributed by atoms with Crippen LogP contribution in [0.1, 0.15) is 32.6 Å². The summed E-state index contributed by atoms with van der Waals surface area (Å²) in [7, 11) is 0. The molecular formula is C16H24N4. The van der Waals surface area contributed by atoms with E-state index >= 15 is 0 Å². The first-order valence-electron chi connectivity index (χ1n) is 7.57. The minimum absolute atomic E-state index is 0.462. The monoisotopic (exact) mass is 272 g/mol. The third-order valence-electron chi connectivity index (χ3n) is 4.97. The molecule has 2 atom stereocenters. The molecule has 0 amide bonds. The molecule has 2 saturated heterocycles. The lowest BCUT2D eigenvalue weighted by Gasteiger charge is -2.44. The molecule has 0 aromatic heterocycles. The molecule has 2 unspecified atom stereocenters. The predicted molar refractivity (Wildman–Crippen MR) is 78.1 cm³/mol. The van der Waals surface area contributed by atoms with Crippen LogP contribution >= 0.6 is 0 Å². The Balaban J connectivity index is 1.98. The van der Waals surface area contributed by atoms with Gasteiger partial charge in [-0.3, -0.25) is 0 Å². The molecule has 4 heteroatoms. The number of hydrogen-bond acceptors (Lipinski definition) is 4. The molecule has 0 bridgehead atoms. The molecule has 2 heterocycles. The second kappa shape index (κ2) is 6.66. The van der Waals surface area contributed by atoms with Crippen LogP contribution in [0.25, 0.3) is 0 Å². The first-order valence-corrected chi connectivity index (χ1v) is 7.57. The molecule has 0 aromatic carbocycles. The predicted octanol–water partition coefficient (Wildman–Crippen LogP) is 2.56. The van der Waals surface area contributed by atoms with E-state index in [1.165, 1.54) is 0 Å². The Hall–Kier alpha value is -1.68. The van der Waals surface area contributed by atoms with Crippen LogP contribution in [-0.2, 0) is 0 Å². The summed E-state index contributed by atoms with van der Waals surface area (Å²) in [5.41, 5.74) is 1.12. The molecule has 0 radical (unpaired) electrons. The number of allylic oxidation sites excluding steroid dienone is 1. The molecule has 0 spiro atoms. The lowest BCUT2D eigenvalue weighted by molar-refractivity contribution is 0.0759. The van der Waals surface area contributed by atoms with Crippen molar-refractivity contribution in [1.29, 1.82) is 10.5 Å². The fourth-order valence-corrected chi connectivity index (χ4v) is 3.78. The summed E-state index contributed by atoms with van der Waals surface area (Å²) in [6, 6.07) is 2.37. The molecule has 0 aliphatic carbocycles. The molecule has 0 N–H and O–H groups in total. The van der Waals surface area contributed by atoms with Crippen LogP contribution in [0.2, 0.25) is 0 Å². The largest absolute Gasteiger partial charge is 0.375 e. The van der Waals surface area contributed by atoms with Crippen molar-refractivity contribution in [1.82, 2.24) is 9.80 Å². The molecule has 4 nitrogen and oxygen atoms in total. The fourth-order valence-electron chi connectivity index (χ4n) is 3.78. The third kappa shape index (κ3) is 3.25. The van der Waals surface area contributed by atoms with Gasteiger partial charge in [0.1, 0.15) is 0 Å². The Morgan fingerprint density at radius 1 is 1.20 bits per heavy atom. The van der Waals surface area contributed by atoms with Crippen molar-refractivity contribution in [2.24, 2.45) is 17.8 Å². The highest BCUT2D eigenvalue weighted by atomic mass is 15.1. The van der Waals surface area contributed by atoms with E-state index < -0.39 is 0 Å². The van der Waals surface area contributed by atoms with Gasteiger partial charge in [-0.2, -0.15) is 10.5 Å². The van der Waals surface area contributed by atoms with E-state index in [1.54, 1.807) is 0 Å². The maximum atomic E-state index is 9.10. The highest BCUT2D eigenvalue weighted by Gasteiger charge is 2.35. The summed E-state index contributed by atoms with van der Waals surface area (Å²) in [5.74, 6) is 1.79. The van der Waals surface area contributed by atoms with Gasteiger partial charge in [-0.1, -0.05) is 6.58 Å². The average molecular weight is 272 g/mol. The SMILES string of the molecule is C=C(C)N1CCC(C2CCN(C#N)CC2)C(CC#N)C1. The molecule has 108 valence electrons. The second-order valence-corrected chi connectivity index (χ2v) is 6.18. The number of likely N-dealkylation sites (tertiary alicyclic amines) is 2. The Bertz CT molecular complexity index is 423. The molecule has 20 heavy (non-hydrogen) atoms. The van der Waals surface area contributed by atoms with E-state index in [1.807, 2.05) is 4.90 Å². The molecule has 2 rings (SSSR count). The van der Waals surface area contributed by atoms with Crippen LogP contribution in [0.4, 0.5) is 0 Å². The summed E-state index contributed by atoms with van der Waals surface area (Å²) in [5, 5.41) is 18.0. The highest BCUT2D eigenvalue weighted by molar-refractivity contribution is 4.98. The fraction of sp³-hybridized carbons (Fsp3) is 0.750. The summed E-state index contributed by atoms with van der Waals surface area (Å²) < 4.78 is 0. The van der Waals surface area contributed by atoms with Gasteiger partial charge >= 0.3 is 0 Å². The van der Waals surface area contributed by atoms with E-state index in [9.17, 15) is 0 Å². The molecule has 2 aliphatic rings. The van der Waals surface area contributed by atoms with Gasteiger partial charge in [-0.15, -0.1) is 0 Å². The van der Waals surface area contributed by atoms with Gasteiger partial charge in [0.05, 0.1) is 6.07 Å². The van der Waals surface area contributed by atoms with Crippen LogP contribution in [0, 0.1) is 40.5 Å². The first kappa shape index (κ1) is 14.7. The molecule has 2 fully saturated rings. The van der Waals surface area contributed by atoms with Gasteiger partial charge < -0.3 is 9.80 Å². The summed E-state index contributed by atoms with van der Waals surface area (Å²) >= 11 is 0. The number of hydrogen-bond donors (Lipinski definition) is 0. The van der Waals surface area contributed by atoms with Gasteiger partial charge in [0, 0.05) is 38.3 Å². The summed E-state index contributed by atoms with van der Waals surface area (Å²) in [4.78, 5) is 4.18. The van der Waals surface area contributed by atoms with Gasteiger partial charge in [-0.25, -0.2) is 0 Å². The zero-order chi connectivity index (χ0) is 14.5. The van der Waals surface area contributed by atoms with Crippen molar-refractivity contribution in [3.63, 3.8) is 0 Å². The van der Waals surface area contributed by atoms with Crippen molar-refractivity contribution < 1.29 is 0 Å². The standard InChI is InChI=1S/C16H24N4/c1-13(2)20-10-6-16(15(11-20)3-7-17)14-4-8-19(12-18)9-5-14/h14-16H,1,3-6,8-11H2,2H3. The average Bonchev–Trinajstić information content (AvgIpc) is 2.47. The number of rotatable bonds is 3. The zero-order valence-corrected chi connectivity index (χ0v) is 12.4. The summed E-state index contributed by atoms with van der Waals surface area (Å²) in [6.07, 6.45) is 6.26. The van der Waals surface area contributed by atoms with Crippen molar-refractivity contribution in [3.8, 4) is 12.3 Å². The van der Waals surface area contributed by atoms with E-state index in [4.69, 9.17) is 10.5 Å². The summed E-state index contributed by atoms with van der Waals surface area (Å²) in [6.45, 7) is 9.91. The lowest BCUT2D eigenvalue weighted by Crippen LogP contribution is -2.44. The minimum Gasteiger partial charge on any atom is -0.375 e. The second-order valence-electron chi connectivity index (χ2n) is 6.18. The van der Waals surface area contributed by atoms with Crippen LogP contribution in [-0.4, -0.2) is 36.0 Å². The maximum Gasteiger partial charge on any atom is 0.179 e. The minimum atomic E-state index is 0.462. The molecule has 0 saturated carbocycles. The van der Waals surface area contributed by atoms with Crippen LogP contribution in [0.15, 0.2) is 12.3 Å². The number of piperidine rings is 2. The third-order valence-corrected chi connectivity index (χ3v) is 4.97. The van der Waals surface area contributed by atoms with E-state index in [-0.39, 0.29) is 0 Å². The van der Waals surface area contributed by atoms with E-state index in [2.05, 4.69) is 30.7 Å². The van der Waals surface area contributed by atoms with E-state index in [0.717, 1.165) is 51.1 Å². The molecule has 0 aromatic rings. The Morgan fingerprint density at radius 3 is 2.45 bits per heavy atom. The van der Waals surface area contributed by atoms with Crippen molar-refractivity contribution in [3.05, 3.63) is 12.3 Å². The Kier molecular flexibility index (Phi) is 4.90. The van der Waals surface area contributed by atoms with Gasteiger partial charge in [-0.05, 0) is 43.9 Å². The van der Waals surface area contributed by atoms with Crippen molar-refractivity contribution in [2.45, 2.75) is 32.6 Å². The molecular weight excluding hydrogens is 248 g/mol. The molecule has 2 aliphatic heterocycles. The topological polar surface area (TPSA) is 54.1 Å². The Morgan fingerprint density at radius 2 is 1.90 bits per heavy atom. The van der Waals surface area contributed by atoms with Gasteiger partial charge in [0.15, 0.2) is 6.19 Å². The van der Waals surface area contributed by atoms with E-state index in [0.29, 0.717) is 24.2 Å². The maximum absolute atomic E-state index is 9.10. The quantitative estimate of drug-likeness (QED) is 0.741. The van der Waals surface area contributed by atoms with Crippen LogP contribution in [0.5, 0.6) is 0 Å². The zero-order valence-electron chi connectivity index (χ0n) is 12.4. The van der Waals surface area contributed by atoms with Gasteiger partial charge in [0.2, 0.25) is 0 Å². The number of nitrogens with zero attached hydrogens (tertiary/aromatic N) is 4. The van der Waals surface area contributed by atoms with Gasteiger partial charge in [0.25, 0.3) is 0 Å². The first-order chi connectivity index (χ1) is 9.65. The van der Waals surface area contributed by atoms with Crippen molar-refractivity contribution >= 4 is 0 Å². The number of nitriles is 2. The van der Waals surface area contributed by atoms with Crippen LogP contribution < -0.4 is 0 Å². The Labute approximate surface area is 122 Å².